The van der Waals surface area contributed by atoms with E-state index < -0.39 is 11.9 Å². The van der Waals surface area contributed by atoms with Gasteiger partial charge in [0.1, 0.15) is 5.56 Å². The van der Waals surface area contributed by atoms with Crippen molar-refractivity contribution in [2.24, 2.45) is 0 Å². The number of carbonyl (C=O) groups is 2. The molecule has 0 amide bonds. The molecule has 8 bridgehead atoms. The van der Waals surface area contributed by atoms with Gasteiger partial charge in [0, 0.05) is 56.9 Å². The van der Waals surface area contributed by atoms with E-state index in [1.807, 2.05) is 19.1 Å². The van der Waals surface area contributed by atoms with Gasteiger partial charge in [-0.15, -0.1) is 0 Å². The highest BCUT2D eigenvalue weighted by Crippen LogP contribution is 2.40. The van der Waals surface area contributed by atoms with E-state index in [0.717, 1.165) is 56.7 Å². The van der Waals surface area contributed by atoms with Gasteiger partial charge in [0.15, 0.2) is 0 Å². The summed E-state index contributed by atoms with van der Waals surface area (Å²) in [4.78, 5) is 42.7. The van der Waals surface area contributed by atoms with Crippen molar-refractivity contribution in [3.05, 3.63) is 75.4 Å². The lowest BCUT2D eigenvalue weighted by Crippen LogP contribution is -2.20. The predicted octanol–water partition coefficient (Wildman–Crippen LogP) is 6.53. The molecule has 0 fully saturated rings. The summed E-state index contributed by atoms with van der Waals surface area (Å²) in [5.74, 6) is -0.745. The summed E-state index contributed by atoms with van der Waals surface area (Å²) in [6.45, 7) is 14.5. The molecule has 3 atom stereocenters. The molecule has 0 spiro atoms. The fourth-order valence-electron chi connectivity index (χ4n) is 6.07. The van der Waals surface area contributed by atoms with E-state index in [0.29, 0.717) is 28.8 Å². The number of ether oxygens (including phenoxy) is 1. The Morgan fingerprint density at radius 2 is 1.62 bits per heavy atom. The lowest BCUT2D eigenvalue weighted by atomic mass is 9.89. The third-order valence-electron chi connectivity index (χ3n) is 8.29. The van der Waals surface area contributed by atoms with Crippen LogP contribution in [0.25, 0.3) is 28.1 Å². The van der Waals surface area contributed by atoms with Crippen molar-refractivity contribution in [2.75, 3.05) is 0 Å². The maximum absolute atomic E-state index is 13.0. The molecular weight excluding hydrogens is 464 g/mol. The normalized spacial score (nSPS) is 20.7. The van der Waals surface area contributed by atoms with Crippen LogP contribution in [-0.4, -0.2) is 31.9 Å². The maximum Gasteiger partial charge on any atom is 0.350 e. The van der Waals surface area contributed by atoms with E-state index in [4.69, 9.17) is 14.7 Å². The number of fused-ring (bicyclic) bond motifs is 8. The van der Waals surface area contributed by atoms with Gasteiger partial charge in [0.25, 0.3) is 0 Å². The minimum Gasteiger partial charge on any atom is -0.386 e. The molecule has 0 radical (unpaired) electrons. The molecule has 0 saturated heterocycles. The van der Waals surface area contributed by atoms with Crippen LogP contribution in [0.2, 0.25) is 0 Å². The zero-order chi connectivity index (χ0) is 26.2. The monoisotopic (exact) mass is 494 g/mol. The summed E-state index contributed by atoms with van der Waals surface area (Å²) in [6, 6.07) is 6.20. The van der Waals surface area contributed by atoms with Gasteiger partial charge in [-0.05, 0) is 56.0 Å². The highest BCUT2D eigenvalue weighted by atomic mass is 16.6. The minimum atomic E-state index is -0.658. The SMILES string of the molecule is C=Cc1c(C)c2cc3nc(c4c5[nH]c(cc6nc(cc1[nH]2)C(C)C6CC)c(C)c5C(=O)OC4=O)C[C@H]3C. The number of carbonyl (C=O) groups excluding carboxylic acids is 2. The summed E-state index contributed by atoms with van der Waals surface area (Å²) >= 11 is 0. The van der Waals surface area contributed by atoms with Crippen LogP contribution >= 0.6 is 0 Å². The molecule has 188 valence electrons. The first kappa shape index (κ1) is 23.4. The Morgan fingerprint density at radius 1 is 0.946 bits per heavy atom. The van der Waals surface area contributed by atoms with E-state index >= 15 is 0 Å². The summed E-state index contributed by atoms with van der Waals surface area (Å²) in [7, 11) is 0. The van der Waals surface area contributed by atoms with Crippen molar-refractivity contribution in [1.82, 2.24) is 19.9 Å². The summed E-state index contributed by atoms with van der Waals surface area (Å²) in [5, 5.41) is 0. The van der Waals surface area contributed by atoms with Crippen LogP contribution in [0.1, 0.15) is 105 Å². The van der Waals surface area contributed by atoms with Crippen molar-refractivity contribution in [1.29, 1.82) is 0 Å². The Labute approximate surface area is 215 Å². The number of H-pyrrole nitrogens is 2. The third kappa shape index (κ3) is 3.40. The van der Waals surface area contributed by atoms with Crippen molar-refractivity contribution in [3.8, 4) is 0 Å². The molecule has 3 aromatic rings. The first-order valence-electron chi connectivity index (χ1n) is 12.9. The van der Waals surface area contributed by atoms with Crippen LogP contribution in [0.4, 0.5) is 0 Å². The van der Waals surface area contributed by atoms with Gasteiger partial charge in [-0.3, -0.25) is 9.97 Å². The smallest absolute Gasteiger partial charge is 0.350 e. The lowest BCUT2D eigenvalue weighted by Gasteiger charge is -2.12. The molecule has 3 aromatic heterocycles. The van der Waals surface area contributed by atoms with E-state index in [2.05, 4.69) is 56.4 Å². The van der Waals surface area contributed by atoms with Crippen molar-refractivity contribution < 1.29 is 14.3 Å². The fourth-order valence-corrected chi connectivity index (χ4v) is 6.07. The number of hydrogen-bond acceptors (Lipinski definition) is 5. The Balaban J connectivity index is 1.82. The number of nitrogens with one attached hydrogen (secondary N) is 2. The van der Waals surface area contributed by atoms with Crippen molar-refractivity contribution in [2.45, 2.75) is 65.2 Å². The van der Waals surface area contributed by atoms with Gasteiger partial charge in [-0.2, -0.15) is 0 Å². The van der Waals surface area contributed by atoms with Crippen molar-refractivity contribution in [3.63, 3.8) is 0 Å². The number of hydrogen-bond donors (Lipinski definition) is 2. The summed E-state index contributed by atoms with van der Waals surface area (Å²) in [6.07, 6.45) is 3.38. The second kappa shape index (κ2) is 8.26. The molecule has 0 aliphatic carbocycles. The van der Waals surface area contributed by atoms with E-state index in [9.17, 15) is 9.59 Å². The second-order valence-corrected chi connectivity index (χ2v) is 10.4. The quantitative estimate of drug-likeness (QED) is 0.312. The van der Waals surface area contributed by atoms with Gasteiger partial charge in [0.2, 0.25) is 0 Å². The average molecular weight is 495 g/mol. The average Bonchev–Trinajstić information content (AvgIpc) is 3.54. The minimum absolute atomic E-state index is 0.0951. The number of aryl methyl sites for hydroxylation is 2. The van der Waals surface area contributed by atoms with Crippen LogP contribution in [0.3, 0.4) is 0 Å². The molecule has 6 rings (SSSR count). The lowest BCUT2D eigenvalue weighted by molar-refractivity contribution is 0.0389. The first-order chi connectivity index (χ1) is 17.7. The zero-order valence-electron chi connectivity index (χ0n) is 21.8. The Morgan fingerprint density at radius 3 is 2.35 bits per heavy atom. The highest BCUT2D eigenvalue weighted by molar-refractivity contribution is 6.17. The van der Waals surface area contributed by atoms with Crippen molar-refractivity contribution >= 4 is 40.1 Å². The maximum atomic E-state index is 13.0. The molecule has 0 aromatic carbocycles. The molecular formula is C30H30N4O3. The van der Waals surface area contributed by atoms with E-state index in [1.165, 1.54) is 0 Å². The summed E-state index contributed by atoms with van der Waals surface area (Å²) in [5.41, 5.74) is 10.3. The topological polar surface area (TPSA) is 101 Å². The molecule has 7 nitrogen and oxygen atoms in total. The molecule has 2 unspecified atom stereocenters. The summed E-state index contributed by atoms with van der Waals surface area (Å²) < 4.78 is 5.21. The predicted molar refractivity (Wildman–Crippen MR) is 144 cm³/mol. The fraction of sp³-hybridized carbons (Fsp3) is 0.333. The standard InChI is InChI=1S/C30H30N4O3/c1-7-17-14(4)20-10-19-13(3)9-25(31-19)27-28-26(29(35)37-30(27)36)16(6)22(34-28)12-24-18(8-2)15(5)21(33-24)11-23(17)32-20/h7,10-13,15,18,32,34H,1,8-9H2,2-6H3/t13-,15?,18?/m1/s1. The Kier molecular flexibility index (Phi) is 5.23. The van der Waals surface area contributed by atoms with Gasteiger partial charge >= 0.3 is 11.9 Å². The molecule has 3 aliphatic heterocycles. The third-order valence-corrected chi connectivity index (χ3v) is 8.29. The first-order valence-corrected chi connectivity index (χ1v) is 12.9. The Bertz CT molecular complexity index is 1690. The van der Waals surface area contributed by atoms with Crippen LogP contribution in [0, 0.1) is 13.8 Å². The number of nitrogens with zero attached hydrogens (tertiary/aromatic N) is 2. The van der Waals surface area contributed by atoms with Gasteiger partial charge in [-0.1, -0.05) is 33.4 Å². The Hall–Kier alpha value is -4.00. The molecule has 37 heavy (non-hydrogen) atoms. The van der Waals surface area contributed by atoms with Gasteiger partial charge in [-0.25, -0.2) is 9.59 Å². The van der Waals surface area contributed by atoms with E-state index in [-0.39, 0.29) is 17.8 Å². The van der Waals surface area contributed by atoms with Gasteiger partial charge < -0.3 is 14.7 Å². The number of cyclic esters (lactones) is 2. The number of esters is 2. The van der Waals surface area contributed by atoms with E-state index in [1.54, 1.807) is 0 Å². The van der Waals surface area contributed by atoms with Gasteiger partial charge in [0.05, 0.1) is 16.8 Å². The zero-order valence-corrected chi connectivity index (χ0v) is 21.8. The van der Waals surface area contributed by atoms with Crippen LogP contribution < -0.4 is 0 Å². The number of aromatic nitrogens is 4. The number of aromatic amines is 2. The largest absolute Gasteiger partial charge is 0.386 e. The van der Waals surface area contributed by atoms with Crippen LogP contribution in [0.5, 0.6) is 0 Å². The molecule has 7 heteroatoms. The van der Waals surface area contributed by atoms with Crippen LogP contribution in [0.15, 0.2) is 24.8 Å². The highest BCUT2D eigenvalue weighted by Gasteiger charge is 2.34. The molecule has 3 aliphatic rings. The number of rotatable bonds is 2. The molecule has 0 saturated carbocycles. The molecule has 2 N–H and O–H groups in total. The molecule has 6 heterocycles. The second-order valence-electron chi connectivity index (χ2n) is 10.4. The van der Waals surface area contributed by atoms with Crippen LogP contribution in [-0.2, 0) is 11.2 Å².